The van der Waals surface area contributed by atoms with Crippen molar-refractivity contribution in [1.29, 1.82) is 0 Å². The third-order valence-corrected chi connectivity index (χ3v) is 5.13. The van der Waals surface area contributed by atoms with Gasteiger partial charge in [-0.2, -0.15) is 0 Å². The topological polar surface area (TPSA) is 64.6 Å². The Labute approximate surface area is 144 Å². The molecule has 1 aromatic carbocycles. The fraction of sp³-hybridized carbons (Fsp3) is 0.333. The highest BCUT2D eigenvalue weighted by Gasteiger charge is 2.19. The molecule has 6 heteroatoms. The van der Waals surface area contributed by atoms with Crippen LogP contribution < -0.4 is 10.1 Å². The lowest BCUT2D eigenvalue weighted by Crippen LogP contribution is -2.20. The Morgan fingerprint density at radius 2 is 2.00 bits per heavy atom. The fourth-order valence-corrected chi connectivity index (χ4v) is 3.88. The van der Waals surface area contributed by atoms with E-state index in [0.29, 0.717) is 16.3 Å². The predicted octanol–water partition coefficient (Wildman–Crippen LogP) is 3.43. The Balaban J connectivity index is 1.56. The molecule has 0 aliphatic heterocycles. The van der Waals surface area contributed by atoms with E-state index >= 15 is 0 Å². The van der Waals surface area contributed by atoms with E-state index in [2.05, 4.69) is 5.32 Å². The van der Waals surface area contributed by atoms with Crippen molar-refractivity contribution in [3.05, 3.63) is 45.6 Å². The molecule has 0 bridgehead atoms. The molecule has 2 aromatic rings. The molecule has 1 aromatic heterocycles. The van der Waals surface area contributed by atoms with E-state index in [-0.39, 0.29) is 6.61 Å². The van der Waals surface area contributed by atoms with Crippen molar-refractivity contribution in [2.45, 2.75) is 25.7 Å². The first kappa shape index (κ1) is 16.5. The Kier molecular flexibility index (Phi) is 5.15. The summed E-state index contributed by atoms with van der Waals surface area (Å²) in [5, 5.41) is 2.68. The second-order valence-corrected chi connectivity index (χ2v) is 6.73. The normalized spacial score (nSPS) is 13.0. The number of carbonyl (C=O) groups excluding carboxylic acids is 2. The molecule has 0 unspecified atom stereocenters. The quantitative estimate of drug-likeness (QED) is 0.843. The van der Waals surface area contributed by atoms with Crippen LogP contribution in [0.2, 0.25) is 0 Å². The summed E-state index contributed by atoms with van der Waals surface area (Å²) in [5.74, 6) is -0.276. The van der Waals surface area contributed by atoms with Crippen LogP contribution >= 0.6 is 11.3 Å². The zero-order valence-electron chi connectivity index (χ0n) is 13.5. The van der Waals surface area contributed by atoms with E-state index in [4.69, 9.17) is 9.47 Å². The van der Waals surface area contributed by atoms with E-state index in [0.717, 1.165) is 12.8 Å². The van der Waals surface area contributed by atoms with E-state index in [1.165, 1.54) is 41.7 Å². The lowest BCUT2D eigenvalue weighted by atomic mass is 9.99. The zero-order chi connectivity index (χ0) is 16.9. The molecule has 24 heavy (non-hydrogen) atoms. The Hall–Kier alpha value is -2.34. The highest BCUT2D eigenvalue weighted by molar-refractivity contribution is 7.14. The van der Waals surface area contributed by atoms with Crippen molar-refractivity contribution in [3.63, 3.8) is 0 Å². The first-order valence-electron chi connectivity index (χ1n) is 7.89. The lowest BCUT2D eigenvalue weighted by molar-refractivity contribution is -0.119. The molecule has 1 N–H and O–H groups in total. The number of thiophene rings is 1. The number of amides is 1. The second kappa shape index (κ2) is 7.49. The van der Waals surface area contributed by atoms with Crippen LogP contribution in [0.3, 0.4) is 0 Å². The van der Waals surface area contributed by atoms with Gasteiger partial charge in [0.2, 0.25) is 0 Å². The minimum Gasteiger partial charge on any atom is -0.495 e. The summed E-state index contributed by atoms with van der Waals surface area (Å²) in [5.41, 5.74) is 1.80. The van der Waals surface area contributed by atoms with Gasteiger partial charge in [0.1, 0.15) is 10.6 Å². The summed E-state index contributed by atoms with van der Waals surface area (Å²) in [4.78, 5) is 25.9. The van der Waals surface area contributed by atoms with E-state index < -0.39 is 11.9 Å². The highest BCUT2D eigenvalue weighted by atomic mass is 32.1. The summed E-state index contributed by atoms with van der Waals surface area (Å²) >= 11 is 1.48. The van der Waals surface area contributed by atoms with Crippen LogP contribution in [0.15, 0.2) is 30.3 Å². The number of nitrogens with one attached hydrogen (secondary N) is 1. The lowest BCUT2D eigenvalue weighted by Gasteiger charge is -2.09. The van der Waals surface area contributed by atoms with Gasteiger partial charge in [0, 0.05) is 4.88 Å². The summed E-state index contributed by atoms with van der Waals surface area (Å²) in [6.07, 6.45) is 4.39. The van der Waals surface area contributed by atoms with Crippen molar-refractivity contribution >= 4 is 28.9 Å². The van der Waals surface area contributed by atoms with Gasteiger partial charge in [-0.15, -0.1) is 11.3 Å². The number of methoxy groups -OCH3 is 1. The Bertz CT molecular complexity index is 730. The van der Waals surface area contributed by atoms with Crippen LogP contribution in [-0.4, -0.2) is 25.6 Å². The number of benzene rings is 1. The van der Waals surface area contributed by atoms with Crippen LogP contribution in [0.5, 0.6) is 5.75 Å². The number of hydrogen-bond donors (Lipinski definition) is 1. The number of aryl methyl sites for hydroxylation is 2. The molecule has 5 nitrogen and oxygen atoms in total. The molecule has 126 valence electrons. The summed E-state index contributed by atoms with van der Waals surface area (Å²) in [6, 6.07) is 8.98. The third-order valence-electron chi connectivity index (χ3n) is 3.91. The minimum atomic E-state index is -0.440. The van der Waals surface area contributed by atoms with Crippen molar-refractivity contribution in [3.8, 4) is 5.75 Å². The molecule has 1 heterocycles. The third kappa shape index (κ3) is 3.76. The maximum atomic E-state index is 12.1. The van der Waals surface area contributed by atoms with Gasteiger partial charge >= 0.3 is 5.97 Å². The monoisotopic (exact) mass is 345 g/mol. The predicted molar refractivity (Wildman–Crippen MR) is 92.9 cm³/mol. The molecule has 0 radical (unpaired) electrons. The molecule has 0 atom stereocenters. The van der Waals surface area contributed by atoms with Crippen molar-refractivity contribution in [1.82, 2.24) is 0 Å². The van der Waals surface area contributed by atoms with Crippen molar-refractivity contribution < 1.29 is 19.1 Å². The summed E-state index contributed by atoms with van der Waals surface area (Å²) in [7, 11) is 1.53. The molecule has 0 saturated carbocycles. The second-order valence-electron chi connectivity index (χ2n) is 5.59. The summed E-state index contributed by atoms with van der Waals surface area (Å²) < 4.78 is 10.3. The first-order chi connectivity index (χ1) is 11.7. The van der Waals surface area contributed by atoms with Crippen LogP contribution in [-0.2, 0) is 22.4 Å². The molecule has 0 fully saturated rings. The van der Waals surface area contributed by atoms with E-state index in [1.54, 1.807) is 18.2 Å². The van der Waals surface area contributed by atoms with Crippen LogP contribution in [0.25, 0.3) is 0 Å². The van der Waals surface area contributed by atoms with Gasteiger partial charge in [-0.3, -0.25) is 4.79 Å². The average Bonchev–Trinajstić information content (AvgIpc) is 3.04. The number of esters is 1. The Morgan fingerprint density at radius 3 is 2.79 bits per heavy atom. The van der Waals surface area contributed by atoms with Crippen LogP contribution in [0.1, 0.15) is 33.0 Å². The number of ether oxygens (including phenoxy) is 2. The molecule has 1 aliphatic rings. The number of para-hydroxylation sites is 2. The molecule has 0 spiro atoms. The van der Waals surface area contributed by atoms with E-state index in [9.17, 15) is 9.59 Å². The standard InChI is InChI=1S/C18H19NO4S/c1-22-14-8-4-3-7-13(14)19-17(20)11-23-18(21)16-10-12-6-2-5-9-15(12)24-16/h3-4,7-8,10H,2,5-6,9,11H2,1H3,(H,19,20). The van der Waals surface area contributed by atoms with Crippen LogP contribution in [0.4, 0.5) is 5.69 Å². The molecular formula is C18H19NO4S. The van der Waals surface area contributed by atoms with Gasteiger partial charge in [0.05, 0.1) is 12.8 Å². The fourth-order valence-electron chi connectivity index (χ4n) is 2.73. The number of rotatable bonds is 5. The SMILES string of the molecule is COc1ccccc1NC(=O)COC(=O)c1cc2c(s1)CCCC2. The van der Waals surface area contributed by atoms with Gasteiger partial charge < -0.3 is 14.8 Å². The molecule has 0 saturated heterocycles. The molecule has 3 rings (SSSR count). The van der Waals surface area contributed by atoms with Gasteiger partial charge in [-0.25, -0.2) is 4.79 Å². The zero-order valence-corrected chi connectivity index (χ0v) is 14.3. The molecule has 1 amide bonds. The number of fused-ring (bicyclic) bond motifs is 1. The van der Waals surface area contributed by atoms with Gasteiger partial charge in [0.25, 0.3) is 5.91 Å². The highest BCUT2D eigenvalue weighted by Crippen LogP contribution is 2.30. The average molecular weight is 345 g/mol. The van der Waals surface area contributed by atoms with Crippen molar-refractivity contribution in [2.75, 3.05) is 19.0 Å². The smallest absolute Gasteiger partial charge is 0.348 e. The maximum Gasteiger partial charge on any atom is 0.348 e. The van der Waals surface area contributed by atoms with E-state index in [1.807, 2.05) is 12.1 Å². The first-order valence-corrected chi connectivity index (χ1v) is 8.70. The Morgan fingerprint density at radius 1 is 1.21 bits per heavy atom. The molecular weight excluding hydrogens is 326 g/mol. The minimum absolute atomic E-state index is 0.320. The molecule has 1 aliphatic carbocycles. The summed E-state index contributed by atoms with van der Waals surface area (Å²) in [6.45, 7) is -0.320. The number of hydrogen-bond acceptors (Lipinski definition) is 5. The van der Waals surface area contributed by atoms with Crippen molar-refractivity contribution in [2.24, 2.45) is 0 Å². The largest absolute Gasteiger partial charge is 0.495 e. The van der Waals surface area contributed by atoms with Gasteiger partial charge in [-0.05, 0) is 49.4 Å². The number of anilines is 1. The van der Waals surface area contributed by atoms with Crippen LogP contribution in [0, 0.1) is 0 Å². The van der Waals surface area contributed by atoms with Gasteiger partial charge in [0.15, 0.2) is 6.61 Å². The van der Waals surface area contributed by atoms with Gasteiger partial charge in [-0.1, -0.05) is 12.1 Å². The number of carbonyl (C=O) groups is 2. The maximum absolute atomic E-state index is 12.1.